The first-order valence-corrected chi connectivity index (χ1v) is 5.63. The molecule has 0 N–H and O–H groups in total. The van der Waals surface area contributed by atoms with Crippen LogP contribution in [0.15, 0.2) is 0 Å². The van der Waals surface area contributed by atoms with E-state index >= 15 is 0 Å². The standard InChI is InChI=1S/C9H22BP/c1-7(6-11)4-8(2)9(3)5-10/h7-9H,4-6,10-11H2,1-3H3/t7-,8-,9-/m0/s1. The third-order valence-electron chi connectivity index (χ3n) is 2.79. The molecule has 2 heteroatoms. The molecule has 1 unspecified atom stereocenters. The monoisotopic (exact) mass is 172 g/mol. The molecule has 0 aromatic heterocycles. The first-order chi connectivity index (χ1) is 5.11. The van der Waals surface area contributed by atoms with Gasteiger partial charge in [0.25, 0.3) is 0 Å². The van der Waals surface area contributed by atoms with E-state index in [-0.39, 0.29) is 0 Å². The first-order valence-electron chi connectivity index (χ1n) is 4.81. The lowest BCUT2D eigenvalue weighted by Gasteiger charge is -2.21. The minimum atomic E-state index is 0.879. The van der Waals surface area contributed by atoms with Crippen LogP contribution in [0.4, 0.5) is 0 Å². The summed E-state index contributed by atoms with van der Waals surface area (Å²) < 4.78 is 0. The fourth-order valence-electron chi connectivity index (χ4n) is 1.37. The van der Waals surface area contributed by atoms with Crippen LogP contribution >= 0.6 is 9.24 Å². The van der Waals surface area contributed by atoms with Gasteiger partial charge < -0.3 is 0 Å². The highest BCUT2D eigenvalue weighted by Gasteiger charge is 2.12. The SMILES string of the molecule is BC[C@H](C)[C@@H](C)C[C@H](C)CP. The van der Waals surface area contributed by atoms with Crippen LogP contribution in [0, 0.1) is 17.8 Å². The maximum atomic E-state index is 2.83. The Balaban J connectivity index is 3.58. The largest absolute Gasteiger partial charge is 0.137 e. The van der Waals surface area contributed by atoms with Crippen LogP contribution < -0.4 is 0 Å². The highest BCUT2D eigenvalue weighted by Crippen LogP contribution is 2.22. The molecular formula is C9H22BP. The summed E-state index contributed by atoms with van der Waals surface area (Å²) in [7, 11) is 5.12. The second kappa shape index (κ2) is 6.06. The molecule has 0 rings (SSSR count). The molecule has 0 saturated carbocycles. The van der Waals surface area contributed by atoms with E-state index in [9.17, 15) is 0 Å². The maximum absolute atomic E-state index is 2.83. The van der Waals surface area contributed by atoms with Gasteiger partial charge in [0.2, 0.25) is 0 Å². The average Bonchev–Trinajstić information content (AvgIpc) is 2.02. The predicted molar refractivity (Wildman–Crippen MR) is 60.0 cm³/mol. The Labute approximate surface area is 75.1 Å². The summed E-state index contributed by atoms with van der Waals surface area (Å²) in [6.07, 6.45) is 3.96. The van der Waals surface area contributed by atoms with Gasteiger partial charge in [-0.1, -0.05) is 27.1 Å². The molecule has 0 fully saturated rings. The van der Waals surface area contributed by atoms with E-state index < -0.39 is 0 Å². The van der Waals surface area contributed by atoms with Crippen molar-refractivity contribution in [1.29, 1.82) is 0 Å². The fraction of sp³-hybridized carbons (Fsp3) is 1.00. The summed E-state index contributed by atoms with van der Waals surface area (Å²) in [6.45, 7) is 7.08. The zero-order chi connectivity index (χ0) is 8.85. The maximum Gasteiger partial charge on any atom is 0.101 e. The van der Waals surface area contributed by atoms with Crippen LogP contribution in [-0.2, 0) is 0 Å². The van der Waals surface area contributed by atoms with E-state index in [1.54, 1.807) is 0 Å². The Kier molecular flexibility index (Phi) is 6.33. The lowest BCUT2D eigenvalue weighted by Crippen LogP contribution is -2.12. The normalized spacial score (nSPS) is 19.3. The number of hydrogen-bond acceptors (Lipinski definition) is 0. The highest BCUT2D eigenvalue weighted by atomic mass is 31.0. The molecule has 0 amide bonds. The molecule has 0 aromatic rings. The molecule has 0 spiro atoms. The average molecular weight is 172 g/mol. The second-order valence-corrected chi connectivity index (χ2v) is 4.41. The molecule has 0 bridgehead atoms. The Morgan fingerprint density at radius 3 is 2.09 bits per heavy atom. The summed E-state index contributed by atoms with van der Waals surface area (Å²) >= 11 is 0. The summed E-state index contributed by atoms with van der Waals surface area (Å²) in [4.78, 5) is 0. The third-order valence-corrected chi connectivity index (χ3v) is 3.60. The first kappa shape index (κ1) is 11.5. The van der Waals surface area contributed by atoms with Crippen molar-refractivity contribution in [3.8, 4) is 0 Å². The van der Waals surface area contributed by atoms with E-state index in [2.05, 4.69) is 37.9 Å². The summed E-state index contributed by atoms with van der Waals surface area (Å²) in [6, 6.07) is 0. The van der Waals surface area contributed by atoms with Crippen molar-refractivity contribution < 1.29 is 0 Å². The van der Waals surface area contributed by atoms with Crippen LogP contribution in [0.2, 0.25) is 6.32 Å². The van der Waals surface area contributed by atoms with Crippen LogP contribution in [0.5, 0.6) is 0 Å². The zero-order valence-corrected chi connectivity index (χ0v) is 9.59. The van der Waals surface area contributed by atoms with Gasteiger partial charge in [-0.2, -0.15) is 0 Å². The Hall–Kier alpha value is 0.495. The van der Waals surface area contributed by atoms with Gasteiger partial charge in [0.05, 0.1) is 0 Å². The molecule has 11 heavy (non-hydrogen) atoms. The highest BCUT2D eigenvalue weighted by molar-refractivity contribution is 7.16. The molecule has 0 aliphatic rings. The Morgan fingerprint density at radius 1 is 1.18 bits per heavy atom. The Morgan fingerprint density at radius 2 is 1.73 bits per heavy atom. The van der Waals surface area contributed by atoms with Crippen LogP contribution in [-0.4, -0.2) is 14.0 Å². The summed E-state index contributed by atoms with van der Waals surface area (Å²) in [5.41, 5.74) is 0. The van der Waals surface area contributed by atoms with Crippen LogP contribution in [0.1, 0.15) is 27.2 Å². The van der Waals surface area contributed by atoms with Gasteiger partial charge in [-0.05, 0) is 30.3 Å². The van der Waals surface area contributed by atoms with E-state index in [0.29, 0.717) is 0 Å². The minimum Gasteiger partial charge on any atom is -0.137 e. The van der Waals surface area contributed by atoms with Gasteiger partial charge >= 0.3 is 0 Å². The molecule has 0 aromatic carbocycles. The van der Waals surface area contributed by atoms with E-state index in [1.807, 2.05) is 0 Å². The smallest absolute Gasteiger partial charge is 0.101 e. The van der Waals surface area contributed by atoms with Crippen molar-refractivity contribution in [3.63, 3.8) is 0 Å². The number of rotatable bonds is 5. The van der Waals surface area contributed by atoms with Gasteiger partial charge in [0, 0.05) is 0 Å². The van der Waals surface area contributed by atoms with Gasteiger partial charge in [0.15, 0.2) is 0 Å². The molecule has 0 heterocycles. The minimum absolute atomic E-state index is 0.879. The third kappa shape index (κ3) is 4.85. The van der Waals surface area contributed by atoms with Crippen molar-refractivity contribution in [2.75, 3.05) is 6.16 Å². The topological polar surface area (TPSA) is 0 Å². The summed E-state index contributed by atoms with van der Waals surface area (Å²) in [5, 5.41) is 0. The quantitative estimate of drug-likeness (QED) is 0.440. The van der Waals surface area contributed by atoms with Crippen LogP contribution in [0.25, 0.3) is 0 Å². The lowest BCUT2D eigenvalue weighted by atomic mass is 9.80. The summed E-state index contributed by atoms with van der Waals surface area (Å²) in [5.74, 6) is 2.67. The molecule has 0 aliphatic heterocycles. The van der Waals surface area contributed by atoms with Gasteiger partial charge in [-0.25, -0.2) is 0 Å². The zero-order valence-electron chi connectivity index (χ0n) is 8.43. The van der Waals surface area contributed by atoms with Crippen molar-refractivity contribution in [1.82, 2.24) is 0 Å². The van der Waals surface area contributed by atoms with Crippen LogP contribution in [0.3, 0.4) is 0 Å². The predicted octanol–water partition coefficient (Wildman–Crippen LogP) is 2.21. The van der Waals surface area contributed by atoms with Gasteiger partial charge in [-0.15, -0.1) is 9.24 Å². The molecule has 0 saturated heterocycles. The van der Waals surface area contributed by atoms with Crippen molar-refractivity contribution in [2.24, 2.45) is 17.8 Å². The van der Waals surface area contributed by atoms with E-state index in [4.69, 9.17) is 0 Å². The molecule has 66 valence electrons. The molecule has 0 aliphatic carbocycles. The molecule has 0 nitrogen and oxygen atoms in total. The number of hydrogen-bond donors (Lipinski definition) is 0. The van der Waals surface area contributed by atoms with Crippen molar-refractivity contribution >= 4 is 17.1 Å². The van der Waals surface area contributed by atoms with Gasteiger partial charge in [0.1, 0.15) is 7.85 Å². The van der Waals surface area contributed by atoms with Gasteiger partial charge in [-0.3, -0.25) is 0 Å². The second-order valence-electron chi connectivity index (χ2n) is 3.94. The Bertz CT molecular complexity index is 95.6. The fourth-order valence-corrected chi connectivity index (χ4v) is 1.56. The molecule has 4 atom stereocenters. The van der Waals surface area contributed by atoms with E-state index in [0.717, 1.165) is 17.8 Å². The molecule has 0 radical (unpaired) electrons. The van der Waals surface area contributed by atoms with Crippen molar-refractivity contribution in [2.45, 2.75) is 33.5 Å². The van der Waals surface area contributed by atoms with E-state index in [1.165, 1.54) is 18.9 Å². The van der Waals surface area contributed by atoms with Crippen molar-refractivity contribution in [3.05, 3.63) is 0 Å². The lowest BCUT2D eigenvalue weighted by molar-refractivity contribution is 0.347. The molecular weight excluding hydrogens is 150 g/mol.